The van der Waals surface area contributed by atoms with Gasteiger partial charge in [0.1, 0.15) is 6.10 Å². The maximum Gasteiger partial charge on any atom is 0.416 e. The lowest BCUT2D eigenvalue weighted by Gasteiger charge is -2.17. The smallest absolute Gasteiger partial charge is 0.416 e. The van der Waals surface area contributed by atoms with Crippen molar-refractivity contribution >= 4 is 5.97 Å². The molecule has 0 saturated heterocycles. The second-order valence-corrected chi connectivity index (χ2v) is 3.83. The van der Waals surface area contributed by atoms with E-state index in [9.17, 15) is 23.1 Å². The van der Waals surface area contributed by atoms with Gasteiger partial charge in [0.05, 0.1) is 5.56 Å². The minimum absolute atomic E-state index is 0.257. The van der Waals surface area contributed by atoms with Crippen molar-refractivity contribution in [2.45, 2.75) is 18.4 Å². The maximum absolute atomic E-state index is 12.3. The van der Waals surface area contributed by atoms with Crippen LogP contribution in [0.3, 0.4) is 0 Å². The third-order valence-electron chi connectivity index (χ3n) is 2.56. The first-order valence-electron chi connectivity index (χ1n) is 5.12. The van der Waals surface area contributed by atoms with Crippen LogP contribution < -0.4 is 0 Å². The predicted molar refractivity (Wildman–Crippen MR) is 55.4 cm³/mol. The summed E-state index contributed by atoms with van der Waals surface area (Å²) in [5.41, 5.74) is -0.537. The molecule has 0 unspecified atom stereocenters. The van der Waals surface area contributed by atoms with Gasteiger partial charge >= 0.3 is 12.1 Å². The van der Waals surface area contributed by atoms with Crippen molar-refractivity contribution in [2.75, 3.05) is 0 Å². The van der Waals surface area contributed by atoms with Gasteiger partial charge in [-0.05, 0) is 23.8 Å². The summed E-state index contributed by atoms with van der Waals surface area (Å²) < 4.78 is 41.7. The number of ether oxygens (including phenoxy) is 1. The van der Waals surface area contributed by atoms with Crippen LogP contribution in [-0.4, -0.2) is 17.2 Å². The minimum atomic E-state index is -4.41. The van der Waals surface area contributed by atoms with E-state index in [1.54, 1.807) is 0 Å². The third kappa shape index (κ3) is 2.53. The first-order valence-corrected chi connectivity index (χ1v) is 5.12. The van der Waals surface area contributed by atoms with E-state index in [1.807, 2.05) is 0 Å². The summed E-state index contributed by atoms with van der Waals surface area (Å²) in [5, 5.41) is 9.82. The molecule has 18 heavy (non-hydrogen) atoms. The number of esters is 1. The highest BCUT2D eigenvalue weighted by Gasteiger charge is 2.31. The summed E-state index contributed by atoms with van der Waals surface area (Å²) in [6, 6.07) is 4.07. The summed E-state index contributed by atoms with van der Waals surface area (Å²) >= 11 is 0. The molecule has 0 bridgehead atoms. The molecule has 2 rings (SSSR count). The molecule has 2 atom stereocenters. The highest BCUT2D eigenvalue weighted by atomic mass is 19.4. The quantitative estimate of drug-likeness (QED) is 0.827. The molecule has 1 aliphatic rings. The first kappa shape index (κ1) is 12.6. The van der Waals surface area contributed by atoms with E-state index in [0.29, 0.717) is 0 Å². The highest BCUT2D eigenvalue weighted by molar-refractivity contribution is 5.84. The zero-order valence-electron chi connectivity index (χ0n) is 9.02. The van der Waals surface area contributed by atoms with Gasteiger partial charge in [0, 0.05) is 6.08 Å². The Hall–Kier alpha value is -1.82. The monoisotopic (exact) mass is 258 g/mol. The Bertz CT molecular complexity index is 476. The summed E-state index contributed by atoms with van der Waals surface area (Å²) in [5.74, 6) is -0.578. The fourth-order valence-corrected chi connectivity index (χ4v) is 1.61. The normalized spacial score (nSPS) is 20.9. The van der Waals surface area contributed by atoms with E-state index in [2.05, 4.69) is 0 Å². The van der Waals surface area contributed by atoms with Crippen molar-refractivity contribution < 1.29 is 27.8 Å². The topological polar surface area (TPSA) is 46.5 Å². The van der Waals surface area contributed by atoms with E-state index in [1.165, 1.54) is 6.08 Å². The summed E-state index contributed by atoms with van der Waals surface area (Å²) in [6.07, 6.45) is -3.91. The lowest BCUT2D eigenvalue weighted by Crippen LogP contribution is -2.18. The second-order valence-electron chi connectivity index (χ2n) is 3.83. The van der Waals surface area contributed by atoms with Crippen LogP contribution in [0.25, 0.3) is 0 Å². The zero-order chi connectivity index (χ0) is 13.3. The van der Waals surface area contributed by atoms with Crippen LogP contribution in [0.5, 0.6) is 0 Å². The fraction of sp³-hybridized carbons (Fsp3) is 0.250. The SMILES string of the molecule is O=C1C=C[C@@H]([C@H](O)c2ccc(C(F)(F)F)cc2)O1. The van der Waals surface area contributed by atoms with Gasteiger partial charge in [-0.25, -0.2) is 4.79 Å². The zero-order valence-corrected chi connectivity index (χ0v) is 9.02. The number of hydrogen-bond donors (Lipinski definition) is 1. The first-order chi connectivity index (χ1) is 8.38. The van der Waals surface area contributed by atoms with Gasteiger partial charge in [0.15, 0.2) is 6.10 Å². The summed E-state index contributed by atoms with van der Waals surface area (Å²) in [6.45, 7) is 0. The molecule has 0 aromatic heterocycles. The number of cyclic esters (lactones) is 1. The Labute approximate surface area is 100 Å². The van der Waals surface area contributed by atoms with Gasteiger partial charge in [0.2, 0.25) is 0 Å². The lowest BCUT2D eigenvalue weighted by molar-refractivity contribution is -0.142. The van der Waals surface area contributed by atoms with Gasteiger partial charge in [-0.15, -0.1) is 0 Å². The van der Waals surface area contributed by atoms with Crippen molar-refractivity contribution in [3.63, 3.8) is 0 Å². The van der Waals surface area contributed by atoms with E-state index in [4.69, 9.17) is 4.74 Å². The number of aliphatic hydroxyl groups is 1. The van der Waals surface area contributed by atoms with E-state index in [-0.39, 0.29) is 5.56 Å². The molecule has 0 aliphatic carbocycles. The van der Waals surface area contributed by atoms with Crippen LogP contribution in [0.2, 0.25) is 0 Å². The number of alkyl halides is 3. The molecular weight excluding hydrogens is 249 g/mol. The lowest BCUT2D eigenvalue weighted by atomic mass is 10.0. The molecule has 3 nitrogen and oxygen atoms in total. The Morgan fingerprint density at radius 2 is 1.83 bits per heavy atom. The second kappa shape index (κ2) is 4.45. The molecule has 1 aliphatic heterocycles. The largest absolute Gasteiger partial charge is 0.452 e. The average molecular weight is 258 g/mol. The molecule has 0 radical (unpaired) electrons. The fourth-order valence-electron chi connectivity index (χ4n) is 1.61. The molecule has 96 valence electrons. The molecule has 0 amide bonds. The summed E-state index contributed by atoms with van der Waals surface area (Å²) in [7, 11) is 0. The standard InChI is InChI=1S/C12H9F3O3/c13-12(14,15)8-3-1-7(2-4-8)11(17)9-5-6-10(16)18-9/h1-6,9,11,17H/t9-,11+/m0/s1. The maximum atomic E-state index is 12.3. The number of carbonyl (C=O) groups excluding carboxylic acids is 1. The number of aliphatic hydroxyl groups excluding tert-OH is 1. The van der Waals surface area contributed by atoms with Crippen LogP contribution in [0.4, 0.5) is 13.2 Å². The molecule has 6 heteroatoms. The number of benzene rings is 1. The molecule has 1 N–H and O–H groups in total. The van der Waals surface area contributed by atoms with Crippen molar-refractivity contribution in [3.05, 3.63) is 47.5 Å². The van der Waals surface area contributed by atoms with E-state index >= 15 is 0 Å². The average Bonchev–Trinajstić information content (AvgIpc) is 2.74. The number of carbonyl (C=O) groups is 1. The Kier molecular flexibility index (Phi) is 3.13. The van der Waals surface area contributed by atoms with Crippen molar-refractivity contribution in [2.24, 2.45) is 0 Å². The number of hydrogen-bond acceptors (Lipinski definition) is 3. The summed E-state index contributed by atoms with van der Waals surface area (Å²) in [4.78, 5) is 10.8. The van der Waals surface area contributed by atoms with Crippen molar-refractivity contribution in [3.8, 4) is 0 Å². The Balaban J connectivity index is 2.15. The molecule has 1 heterocycles. The molecular formula is C12H9F3O3. The van der Waals surface area contributed by atoms with Crippen molar-refractivity contribution in [1.29, 1.82) is 0 Å². The third-order valence-corrected chi connectivity index (χ3v) is 2.56. The highest BCUT2D eigenvalue weighted by Crippen LogP contribution is 2.31. The molecule has 0 saturated carbocycles. The van der Waals surface area contributed by atoms with Crippen LogP contribution in [0, 0.1) is 0 Å². The molecule has 0 spiro atoms. The van der Waals surface area contributed by atoms with Crippen molar-refractivity contribution in [1.82, 2.24) is 0 Å². The van der Waals surface area contributed by atoms with Gasteiger partial charge in [0.25, 0.3) is 0 Å². The van der Waals surface area contributed by atoms with E-state index in [0.717, 1.165) is 30.3 Å². The Morgan fingerprint density at radius 1 is 1.22 bits per heavy atom. The predicted octanol–water partition coefficient (Wildman–Crippen LogP) is 2.22. The van der Waals surface area contributed by atoms with Gasteiger partial charge in [-0.3, -0.25) is 0 Å². The van der Waals surface area contributed by atoms with Gasteiger partial charge < -0.3 is 9.84 Å². The van der Waals surface area contributed by atoms with E-state index < -0.39 is 29.9 Å². The van der Waals surface area contributed by atoms with Crippen LogP contribution in [-0.2, 0) is 15.7 Å². The number of halogens is 3. The molecule has 1 aromatic rings. The number of rotatable bonds is 2. The van der Waals surface area contributed by atoms with Crippen LogP contribution >= 0.6 is 0 Å². The van der Waals surface area contributed by atoms with Crippen LogP contribution in [0.1, 0.15) is 17.2 Å². The Morgan fingerprint density at radius 3 is 2.28 bits per heavy atom. The van der Waals surface area contributed by atoms with Gasteiger partial charge in [-0.2, -0.15) is 13.2 Å². The molecule has 1 aromatic carbocycles. The van der Waals surface area contributed by atoms with Gasteiger partial charge in [-0.1, -0.05) is 12.1 Å². The van der Waals surface area contributed by atoms with Crippen LogP contribution in [0.15, 0.2) is 36.4 Å². The minimum Gasteiger partial charge on any atom is -0.452 e. The molecule has 0 fully saturated rings.